The van der Waals surface area contributed by atoms with Crippen molar-refractivity contribution in [2.45, 2.75) is 27.2 Å². The second-order valence-corrected chi connectivity index (χ2v) is 6.42. The van der Waals surface area contributed by atoms with Gasteiger partial charge in [0.05, 0.1) is 5.69 Å². The highest BCUT2D eigenvalue weighted by Crippen LogP contribution is 2.26. The number of amides is 2. The lowest BCUT2D eigenvalue weighted by molar-refractivity contribution is -0.120. The quantitative estimate of drug-likeness (QED) is 0.829. The highest BCUT2D eigenvalue weighted by molar-refractivity contribution is 9.10. The number of aryl methyl sites for hydroxylation is 2. The number of nitrogens with zero attached hydrogens (tertiary/aromatic N) is 1. The number of benzene rings is 2. The minimum absolute atomic E-state index is 0.0323. The van der Waals surface area contributed by atoms with Crippen molar-refractivity contribution in [1.82, 2.24) is 0 Å². The van der Waals surface area contributed by atoms with Crippen LogP contribution in [0.5, 0.6) is 0 Å². The first kappa shape index (κ1) is 18.2. The molecule has 0 aliphatic heterocycles. The number of halogens is 1. The Kier molecular flexibility index (Phi) is 6.15. The van der Waals surface area contributed by atoms with E-state index in [4.69, 9.17) is 0 Å². The molecule has 0 bridgehead atoms. The molecule has 24 heavy (non-hydrogen) atoms. The molecule has 1 N–H and O–H groups in total. The maximum absolute atomic E-state index is 12.5. The van der Waals surface area contributed by atoms with Crippen molar-refractivity contribution in [2.24, 2.45) is 0 Å². The molecule has 2 rings (SSSR count). The Labute approximate surface area is 151 Å². The van der Waals surface area contributed by atoms with Crippen molar-refractivity contribution < 1.29 is 9.59 Å². The summed E-state index contributed by atoms with van der Waals surface area (Å²) < 4.78 is 0.776. The number of nitrogens with one attached hydrogen (secondary N) is 1. The molecule has 0 aromatic heterocycles. The van der Waals surface area contributed by atoms with E-state index >= 15 is 0 Å². The van der Waals surface area contributed by atoms with Crippen LogP contribution in [0.3, 0.4) is 0 Å². The van der Waals surface area contributed by atoms with Gasteiger partial charge in [-0.1, -0.05) is 37.3 Å². The van der Waals surface area contributed by atoms with Gasteiger partial charge in [-0.2, -0.15) is 0 Å². The van der Waals surface area contributed by atoms with Gasteiger partial charge in [0.2, 0.25) is 11.8 Å². The monoisotopic (exact) mass is 388 g/mol. The normalized spacial score (nSPS) is 10.3. The predicted molar refractivity (Wildman–Crippen MR) is 101 cm³/mol. The first-order chi connectivity index (χ1) is 11.4. The van der Waals surface area contributed by atoms with Crippen molar-refractivity contribution in [3.63, 3.8) is 0 Å². The SMILES string of the molecule is CCc1cccc(C)c1NC(=O)CN(C(C)=O)c1ccccc1Br. The Morgan fingerprint density at radius 2 is 1.83 bits per heavy atom. The summed E-state index contributed by atoms with van der Waals surface area (Å²) in [6.07, 6.45) is 0.831. The number of hydrogen-bond donors (Lipinski definition) is 1. The Hall–Kier alpha value is -2.14. The molecule has 0 aliphatic rings. The third-order valence-electron chi connectivity index (χ3n) is 3.83. The van der Waals surface area contributed by atoms with Gasteiger partial charge in [0.15, 0.2) is 0 Å². The van der Waals surface area contributed by atoms with Gasteiger partial charge < -0.3 is 10.2 Å². The number of anilines is 2. The zero-order chi connectivity index (χ0) is 17.7. The second kappa shape index (κ2) is 8.11. The molecule has 0 radical (unpaired) electrons. The molecule has 0 saturated carbocycles. The van der Waals surface area contributed by atoms with Gasteiger partial charge in [0.25, 0.3) is 0 Å². The number of rotatable bonds is 5. The maximum Gasteiger partial charge on any atom is 0.244 e. The van der Waals surface area contributed by atoms with Crippen LogP contribution in [0.25, 0.3) is 0 Å². The van der Waals surface area contributed by atoms with E-state index in [-0.39, 0.29) is 18.4 Å². The summed E-state index contributed by atoms with van der Waals surface area (Å²) in [4.78, 5) is 26.0. The highest BCUT2D eigenvalue weighted by atomic mass is 79.9. The average molecular weight is 389 g/mol. The topological polar surface area (TPSA) is 49.4 Å². The molecule has 4 nitrogen and oxygen atoms in total. The van der Waals surface area contributed by atoms with Crippen LogP contribution in [-0.4, -0.2) is 18.4 Å². The summed E-state index contributed by atoms with van der Waals surface area (Å²) in [5.41, 5.74) is 3.61. The lowest BCUT2D eigenvalue weighted by Crippen LogP contribution is -2.37. The molecule has 0 unspecified atom stereocenters. The molecule has 0 atom stereocenters. The minimum atomic E-state index is -0.218. The zero-order valence-corrected chi connectivity index (χ0v) is 15.7. The fourth-order valence-corrected chi connectivity index (χ4v) is 3.06. The van der Waals surface area contributed by atoms with Gasteiger partial charge >= 0.3 is 0 Å². The molecule has 0 aliphatic carbocycles. The standard InChI is InChI=1S/C19H21BrN2O2/c1-4-15-9-7-8-13(2)19(15)21-18(24)12-22(14(3)23)17-11-6-5-10-16(17)20/h5-11H,4,12H2,1-3H3,(H,21,24). The first-order valence-electron chi connectivity index (χ1n) is 7.85. The van der Waals surface area contributed by atoms with E-state index in [0.29, 0.717) is 5.69 Å². The van der Waals surface area contributed by atoms with E-state index in [2.05, 4.69) is 21.2 Å². The lowest BCUT2D eigenvalue weighted by atomic mass is 10.1. The van der Waals surface area contributed by atoms with Crippen molar-refractivity contribution in [2.75, 3.05) is 16.8 Å². The van der Waals surface area contributed by atoms with E-state index in [1.807, 2.05) is 56.3 Å². The van der Waals surface area contributed by atoms with Gasteiger partial charge in [0, 0.05) is 17.1 Å². The number of carbonyl (C=O) groups excluding carboxylic acids is 2. The molecule has 5 heteroatoms. The molecular formula is C19H21BrN2O2. The van der Waals surface area contributed by atoms with Gasteiger partial charge in [-0.3, -0.25) is 9.59 Å². The Bertz CT molecular complexity index is 759. The van der Waals surface area contributed by atoms with E-state index in [0.717, 1.165) is 27.7 Å². The fourth-order valence-electron chi connectivity index (χ4n) is 2.56. The van der Waals surface area contributed by atoms with Crippen molar-refractivity contribution >= 4 is 39.1 Å². The highest BCUT2D eigenvalue weighted by Gasteiger charge is 2.18. The van der Waals surface area contributed by atoms with E-state index in [1.165, 1.54) is 11.8 Å². The van der Waals surface area contributed by atoms with Crippen LogP contribution in [0.4, 0.5) is 11.4 Å². The first-order valence-corrected chi connectivity index (χ1v) is 8.64. The smallest absolute Gasteiger partial charge is 0.244 e. The predicted octanol–water partition coefficient (Wildman–Crippen LogP) is 4.31. The van der Waals surface area contributed by atoms with Crippen LogP contribution in [0, 0.1) is 6.92 Å². The Balaban J connectivity index is 2.21. The van der Waals surface area contributed by atoms with Crippen LogP contribution in [-0.2, 0) is 16.0 Å². The molecule has 0 heterocycles. The Morgan fingerprint density at radius 3 is 2.46 bits per heavy atom. The average Bonchev–Trinajstić information content (AvgIpc) is 2.55. The Morgan fingerprint density at radius 1 is 1.12 bits per heavy atom. The fraction of sp³-hybridized carbons (Fsp3) is 0.263. The third-order valence-corrected chi connectivity index (χ3v) is 4.50. The summed E-state index contributed by atoms with van der Waals surface area (Å²) in [7, 11) is 0. The van der Waals surface area contributed by atoms with Crippen molar-refractivity contribution in [3.05, 3.63) is 58.1 Å². The van der Waals surface area contributed by atoms with Gasteiger partial charge in [-0.05, 0) is 52.5 Å². The van der Waals surface area contributed by atoms with Gasteiger partial charge in [-0.15, -0.1) is 0 Å². The summed E-state index contributed by atoms with van der Waals surface area (Å²) in [5, 5.41) is 2.96. The largest absolute Gasteiger partial charge is 0.324 e. The van der Waals surface area contributed by atoms with Crippen LogP contribution in [0.1, 0.15) is 25.0 Å². The van der Waals surface area contributed by atoms with E-state index in [9.17, 15) is 9.59 Å². The zero-order valence-electron chi connectivity index (χ0n) is 14.1. The summed E-state index contributed by atoms with van der Waals surface area (Å²) in [5.74, 6) is -0.400. The molecule has 2 aromatic rings. The van der Waals surface area contributed by atoms with E-state index < -0.39 is 0 Å². The second-order valence-electron chi connectivity index (χ2n) is 5.57. The number of carbonyl (C=O) groups is 2. The summed E-state index contributed by atoms with van der Waals surface area (Å²) in [6.45, 7) is 5.44. The molecule has 2 amide bonds. The molecule has 0 spiro atoms. The van der Waals surface area contributed by atoms with Crippen LogP contribution >= 0.6 is 15.9 Å². The molecular weight excluding hydrogens is 368 g/mol. The van der Waals surface area contributed by atoms with Gasteiger partial charge in [0.1, 0.15) is 6.54 Å². The molecule has 126 valence electrons. The maximum atomic E-state index is 12.5. The van der Waals surface area contributed by atoms with Crippen LogP contribution in [0.2, 0.25) is 0 Å². The van der Waals surface area contributed by atoms with Gasteiger partial charge in [-0.25, -0.2) is 0 Å². The van der Waals surface area contributed by atoms with Crippen LogP contribution in [0.15, 0.2) is 46.9 Å². The molecule has 0 fully saturated rings. The van der Waals surface area contributed by atoms with Crippen molar-refractivity contribution in [1.29, 1.82) is 0 Å². The molecule has 0 saturated heterocycles. The third kappa shape index (κ3) is 4.23. The lowest BCUT2D eigenvalue weighted by Gasteiger charge is -2.22. The minimum Gasteiger partial charge on any atom is -0.324 e. The summed E-state index contributed by atoms with van der Waals surface area (Å²) >= 11 is 3.43. The summed E-state index contributed by atoms with van der Waals surface area (Å²) in [6, 6.07) is 13.3. The molecule has 2 aromatic carbocycles. The van der Waals surface area contributed by atoms with Crippen LogP contribution < -0.4 is 10.2 Å². The number of hydrogen-bond acceptors (Lipinski definition) is 2. The van der Waals surface area contributed by atoms with Crippen molar-refractivity contribution in [3.8, 4) is 0 Å². The van der Waals surface area contributed by atoms with E-state index in [1.54, 1.807) is 0 Å². The number of para-hydroxylation sites is 2.